The molecule has 1 amide bonds. The number of hydrogen-bond acceptors (Lipinski definition) is 3. The first kappa shape index (κ1) is 14.5. The van der Waals surface area contributed by atoms with Crippen molar-refractivity contribution in [3.05, 3.63) is 35.6 Å². The summed E-state index contributed by atoms with van der Waals surface area (Å²) in [5.41, 5.74) is 0.917. The minimum Gasteiger partial charge on any atom is -0.351 e. The molecule has 2 heterocycles. The third-order valence-corrected chi connectivity index (χ3v) is 4.81. The quantitative estimate of drug-likeness (QED) is 0.869. The van der Waals surface area contributed by atoms with E-state index in [1.807, 2.05) is 0 Å². The van der Waals surface area contributed by atoms with Gasteiger partial charge in [0.1, 0.15) is 5.82 Å². The monoisotopic (exact) mass is 291 g/mol. The Kier molecular flexibility index (Phi) is 4.22. The Morgan fingerprint density at radius 2 is 2.14 bits per heavy atom. The number of carbonyl (C=O) groups is 1. The van der Waals surface area contributed by atoms with Crippen LogP contribution in [0, 0.1) is 17.7 Å². The van der Waals surface area contributed by atoms with E-state index in [4.69, 9.17) is 0 Å². The maximum atomic E-state index is 12.8. The van der Waals surface area contributed by atoms with Crippen molar-refractivity contribution < 1.29 is 9.18 Å². The van der Waals surface area contributed by atoms with Crippen LogP contribution in [0.3, 0.4) is 0 Å². The summed E-state index contributed by atoms with van der Waals surface area (Å²) in [7, 11) is 0. The molecule has 4 nitrogen and oxygen atoms in total. The predicted molar refractivity (Wildman–Crippen MR) is 79.1 cm³/mol. The van der Waals surface area contributed by atoms with Crippen LogP contribution in [0.1, 0.15) is 12.5 Å². The van der Waals surface area contributed by atoms with Gasteiger partial charge in [-0.25, -0.2) is 4.39 Å². The zero-order valence-corrected chi connectivity index (χ0v) is 12.3. The van der Waals surface area contributed by atoms with E-state index in [0.29, 0.717) is 31.0 Å². The van der Waals surface area contributed by atoms with Crippen molar-refractivity contribution in [1.29, 1.82) is 0 Å². The van der Waals surface area contributed by atoms with Crippen molar-refractivity contribution >= 4 is 5.91 Å². The van der Waals surface area contributed by atoms with Gasteiger partial charge >= 0.3 is 0 Å². The molecule has 114 valence electrons. The van der Waals surface area contributed by atoms with Crippen molar-refractivity contribution in [2.75, 3.05) is 26.2 Å². The van der Waals surface area contributed by atoms with E-state index >= 15 is 0 Å². The third-order valence-electron chi connectivity index (χ3n) is 4.81. The topological polar surface area (TPSA) is 44.4 Å². The Hall–Kier alpha value is -1.46. The van der Waals surface area contributed by atoms with Gasteiger partial charge in [0.2, 0.25) is 5.91 Å². The van der Waals surface area contributed by atoms with Crippen molar-refractivity contribution in [1.82, 2.24) is 15.5 Å². The highest BCUT2D eigenvalue weighted by Crippen LogP contribution is 2.31. The number of halogens is 1. The van der Waals surface area contributed by atoms with Crippen LogP contribution in [0.4, 0.5) is 4.39 Å². The highest BCUT2D eigenvalue weighted by atomic mass is 19.1. The summed E-state index contributed by atoms with van der Waals surface area (Å²) in [6.45, 7) is 6.26. The highest BCUT2D eigenvalue weighted by molar-refractivity contribution is 5.78. The molecule has 0 aromatic heterocycles. The number of nitrogens with zero attached hydrogens (tertiary/aromatic N) is 1. The minimum absolute atomic E-state index is 0.0408. The molecular formula is C16H22FN3O. The zero-order valence-electron chi connectivity index (χ0n) is 12.3. The Morgan fingerprint density at radius 1 is 1.38 bits per heavy atom. The molecule has 0 radical (unpaired) electrons. The molecular weight excluding hydrogens is 269 g/mol. The molecule has 1 aromatic carbocycles. The SMILES string of the molecule is CC1C2CNCC2CN1CC(=O)NCc1ccc(F)cc1. The molecule has 2 fully saturated rings. The average molecular weight is 291 g/mol. The molecule has 3 unspecified atom stereocenters. The van der Waals surface area contributed by atoms with Crippen LogP contribution in [0.15, 0.2) is 24.3 Å². The van der Waals surface area contributed by atoms with E-state index in [-0.39, 0.29) is 11.7 Å². The fourth-order valence-corrected chi connectivity index (χ4v) is 3.51. The van der Waals surface area contributed by atoms with E-state index < -0.39 is 0 Å². The van der Waals surface area contributed by atoms with Gasteiger partial charge in [-0.2, -0.15) is 0 Å². The van der Waals surface area contributed by atoms with Crippen molar-refractivity contribution in [3.8, 4) is 0 Å². The molecule has 3 rings (SSSR count). The average Bonchev–Trinajstić information content (AvgIpc) is 3.03. The van der Waals surface area contributed by atoms with E-state index in [0.717, 1.165) is 25.2 Å². The Balaban J connectivity index is 1.47. The lowest BCUT2D eigenvalue weighted by atomic mass is 9.95. The van der Waals surface area contributed by atoms with Gasteiger partial charge in [0.05, 0.1) is 6.54 Å². The molecule has 3 atom stereocenters. The van der Waals surface area contributed by atoms with Gasteiger partial charge < -0.3 is 10.6 Å². The van der Waals surface area contributed by atoms with Crippen LogP contribution in [0.25, 0.3) is 0 Å². The van der Waals surface area contributed by atoms with Gasteiger partial charge in [-0.05, 0) is 49.5 Å². The third kappa shape index (κ3) is 3.24. The van der Waals surface area contributed by atoms with Gasteiger partial charge in [0.25, 0.3) is 0 Å². The standard InChI is InChI=1S/C16H22FN3O/c1-11-15-8-18-7-13(15)9-20(11)10-16(21)19-6-12-2-4-14(17)5-3-12/h2-5,11,13,15,18H,6-10H2,1H3,(H,19,21). The van der Waals surface area contributed by atoms with Crippen LogP contribution in [-0.4, -0.2) is 43.0 Å². The van der Waals surface area contributed by atoms with E-state index in [9.17, 15) is 9.18 Å². The highest BCUT2D eigenvalue weighted by Gasteiger charge is 2.41. The summed E-state index contributed by atoms with van der Waals surface area (Å²) < 4.78 is 12.8. The van der Waals surface area contributed by atoms with E-state index in [1.54, 1.807) is 12.1 Å². The maximum Gasteiger partial charge on any atom is 0.234 e. The predicted octanol–water partition coefficient (Wildman–Crippen LogP) is 0.982. The number of rotatable bonds is 4. The smallest absolute Gasteiger partial charge is 0.234 e. The lowest BCUT2D eigenvalue weighted by molar-refractivity contribution is -0.122. The molecule has 2 aliphatic heterocycles. The maximum absolute atomic E-state index is 12.8. The molecule has 5 heteroatoms. The molecule has 0 spiro atoms. The fraction of sp³-hybridized carbons (Fsp3) is 0.562. The van der Waals surface area contributed by atoms with Gasteiger partial charge in [-0.1, -0.05) is 12.1 Å². The Morgan fingerprint density at radius 3 is 2.86 bits per heavy atom. The number of fused-ring (bicyclic) bond motifs is 1. The first-order valence-electron chi connectivity index (χ1n) is 7.59. The first-order valence-corrected chi connectivity index (χ1v) is 7.59. The first-order chi connectivity index (χ1) is 10.1. The minimum atomic E-state index is -0.254. The second kappa shape index (κ2) is 6.12. The summed E-state index contributed by atoms with van der Waals surface area (Å²) >= 11 is 0. The normalized spacial score (nSPS) is 28.6. The van der Waals surface area contributed by atoms with Gasteiger partial charge in [-0.3, -0.25) is 9.69 Å². The second-order valence-corrected chi connectivity index (χ2v) is 6.16. The van der Waals surface area contributed by atoms with Crippen LogP contribution in [-0.2, 0) is 11.3 Å². The van der Waals surface area contributed by atoms with E-state index in [1.165, 1.54) is 12.1 Å². The Labute approximate surface area is 124 Å². The lowest BCUT2D eigenvalue weighted by Crippen LogP contribution is -2.41. The second-order valence-electron chi connectivity index (χ2n) is 6.16. The van der Waals surface area contributed by atoms with Crippen LogP contribution in [0.5, 0.6) is 0 Å². The van der Waals surface area contributed by atoms with Crippen molar-refractivity contribution in [3.63, 3.8) is 0 Å². The molecule has 21 heavy (non-hydrogen) atoms. The summed E-state index contributed by atoms with van der Waals surface area (Å²) in [5, 5.41) is 6.33. The van der Waals surface area contributed by atoms with Crippen molar-refractivity contribution in [2.24, 2.45) is 11.8 Å². The van der Waals surface area contributed by atoms with Crippen molar-refractivity contribution in [2.45, 2.75) is 19.5 Å². The molecule has 0 bridgehead atoms. The molecule has 0 aliphatic carbocycles. The molecule has 2 N–H and O–H groups in total. The van der Waals surface area contributed by atoms with Gasteiger partial charge in [-0.15, -0.1) is 0 Å². The van der Waals surface area contributed by atoms with E-state index in [2.05, 4.69) is 22.5 Å². The van der Waals surface area contributed by atoms with Crippen LogP contribution >= 0.6 is 0 Å². The number of carbonyl (C=O) groups excluding carboxylic acids is 1. The van der Waals surface area contributed by atoms with Crippen LogP contribution in [0.2, 0.25) is 0 Å². The molecule has 1 aromatic rings. The summed E-state index contributed by atoms with van der Waals surface area (Å²) in [6.07, 6.45) is 0. The van der Waals surface area contributed by atoms with Gasteiger partial charge in [0, 0.05) is 19.1 Å². The number of amides is 1. The Bertz CT molecular complexity index is 505. The summed E-state index contributed by atoms with van der Waals surface area (Å²) in [6, 6.07) is 6.69. The zero-order chi connectivity index (χ0) is 14.8. The lowest BCUT2D eigenvalue weighted by Gasteiger charge is -2.23. The summed E-state index contributed by atoms with van der Waals surface area (Å²) in [5.74, 6) is 1.15. The number of nitrogens with one attached hydrogen (secondary N) is 2. The van der Waals surface area contributed by atoms with Crippen LogP contribution < -0.4 is 10.6 Å². The fourth-order valence-electron chi connectivity index (χ4n) is 3.51. The molecule has 2 saturated heterocycles. The number of hydrogen-bond donors (Lipinski definition) is 2. The molecule has 2 aliphatic rings. The molecule has 0 saturated carbocycles. The summed E-state index contributed by atoms with van der Waals surface area (Å²) in [4.78, 5) is 14.3. The number of likely N-dealkylation sites (tertiary alicyclic amines) is 1. The number of benzene rings is 1. The van der Waals surface area contributed by atoms with Gasteiger partial charge in [0.15, 0.2) is 0 Å². The largest absolute Gasteiger partial charge is 0.351 e.